The van der Waals surface area contributed by atoms with E-state index < -0.39 is 0 Å². The standard InChI is InChI=1S/C21H21FN4O/c1-13(2)17-9-4-5-10-18(17)25-20(27)19-11-14(3)23-21(26-19)24-16-8-6-7-15(22)12-16/h4-13H,1-3H3,(H,25,27)(H,23,24,26). The lowest BCUT2D eigenvalue weighted by atomic mass is 10.0. The van der Waals surface area contributed by atoms with Gasteiger partial charge in [0, 0.05) is 17.1 Å². The van der Waals surface area contributed by atoms with Crippen molar-refractivity contribution < 1.29 is 9.18 Å². The zero-order valence-corrected chi connectivity index (χ0v) is 15.5. The minimum absolute atomic E-state index is 0.236. The molecule has 27 heavy (non-hydrogen) atoms. The number of aryl methyl sites for hydroxylation is 1. The Labute approximate surface area is 157 Å². The summed E-state index contributed by atoms with van der Waals surface area (Å²) in [7, 11) is 0. The van der Waals surface area contributed by atoms with E-state index in [1.54, 1.807) is 25.1 Å². The SMILES string of the molecule is Cc1cc(C(=O)Nc2ccccc2C(C)C)nc(Nc2cccc(F)c2)n1. The number of rotatable bonds is 5. The lowest BCUT2D eigenvalue weighted by Gasteiger charge is -2.14. The molecule has 6 heteroatoms. The number of halogens is 1. The number of nitrogens with zero attached hydrogens (tertiary/aromatic N) is 2. The largest absolute Gasteiger partial charge is 0.324 e. The average molecular weight is 364 g/mol. The monoisotopic (exact) mass is 364 g/mol. The highest BCUT2D eigenvalue weighted by molar-refractivity contribution is 6.03. The first-order chi connectivity index (χ1) is 12.9. The molecule has 3 rings (SSSR count). The van der Waals surface area contributed by atoms with Gasteiger partial charge in [-0.15, -0.1) is 0 Å². The fourth-order valence-corrected chi connectivity index (χ4v) is 2.74. The quantitative estimate of drug-likeness (QED) is 0.665. The summed E-state index contributed by atoms with van der Waals surface area (Å²) >= 11 is 0. The summed E-state index contributed by atoms with van der Waals surface area (Å²) in [5.74, 6) is -0.173. The van der Waals surface area contributed by atoms with Gasteiger partial charge >= 0.3 is 0 Å². The molecule has 0 fully saturated rings. The van der Waals surface area contributed by atoms with Crippen LogP contribution in [-0.4, -0.2) is 15.9 Å². The van der Waals surface area contributed by atoms with Gasteiger partial charge in [0.05, 0.1) is 0 Å². The molecule has 0 atom stereocenters. The summed E-state index contributed by atoms with van der Waals surface area (Å²) in [6, 6.07) is 15.3. The average Bonchev–Trinajstić information content (AvgIpc) is 2.61. The Hall–Kier alpha value is -3.28. The van der Waals surface area contributed by atoms with Crippen LogP contribution in [0.4, 0.5) is 21.7 Å². The third kappa shape index (κ3) is 4.67. The summed E-state index contributed by atoms with van der Waals surface area (Å²) in [6.45, 7) is 5.92. The minimum atomic E-state index is -0.365. The third-order valence-corrected chi connectivity index (χ3v) is 4.00. The first-order valence-electron chi connectivity index (χ1n) is 8.71. The third-order valence-electron chi connectivity index (χ3n) is 4.00. The zero-order valence-electron chi connectivity index (χ0n) is 15.5. The van der Waals surface area contributed by atoms with Gasteiger partial charge in [0.15, 0.2) is 0 Å². The Morgan fingerprint density at radius 1 is 1.04 bits per heavy atom. The molecule has 0 spiro atoms. The second kappa shape index (κ2) is 7.95. The molecule has 2 N–H and O–H groups in total. The number of nitrogens with one attached hydrogen (secondary N) is 2. The fourth-order valence-electron chi connectivity index (χ4n) is 2.74. The Bertz CT molecular complexity index is 972. The summed E-state index contributed by atoms with van der Waals surface area (Å²) in [5.41, 5.74) is 3.19. The first-order valence-corrected chi connectivity index (χ1v) is 8.71. The molecule has 1 heterocycles. The topological polar surface area (TPSA) is 66.9 Å². The molecule has 0 aliphatic heterocycles. The Morgan fingerprint density at radius 2 is 1.81 bits per heavy atom. The van der Waals surface area contributed by atoms with Crippen molar-refractivity contribution in [2.75, 3.05) is 10.6 Å². The molecule has 0 saturated carbocycles. The van der Waals surface area contributed by atoms with Crippen LogP contribution in [0.15, 0.2) is 54.6 Å². The molecule has 0 aliphatic rings. The van der Waals surface area contributed by atoms with E-state index in [-0.39, 0.29) is 29.3 Å². The van der Waals surface area contributed by atoms with Gasteiger partial charge in [-0.1, -0.05) is 38.1 Å². The molecule has 0 bridgehead atoms. The maximum Gasteiger partial charge on any atom is 0.274 e. The second-order valence-corrected chi connectivity index (χ2v) is 6.55. The summed E-state index contributed by atoms with van der Waals surface area (Å²) in [5, 5.41) is 5.85. The van der Waals surface area contributed by atoms with Crippen LogP contribution in [0.5, 0.6) is 0 Å². The molecule has 2 aromatic carbocycles. The molecule has 1 aromatic heterocycles. The highest BCUT2D eigenvalue weighted by atomic mass is 19.1. The molecule has 0 radical (unpaired) electrons. The Kier molecular flexibility index (Phi) is 5.45. The number of aromatic nitrogens is 2. The number of carbonyl (C=O) groups is 1. The molecular weight excluding hydrogens is 343 g/mol. The van der Waals surface area contributed by atoms with Crippen molar-refractivity contribution in [1.82, 2.24) is 9.97 Å². The van der Waals surface area contributed by atoms with E-state index >= 15 is 0 Å². The van der Waals surface area contributed by atoms with Gasteiger partial charge in [-0.05, 0) is 48.7 Å². The van der Waals surface area contributed by atoms with Crippen molar-refractivity contribution in [1.29, 1.82) is 0 Å². The van der Waals surface area contributed by atoms with E-state index in [0.29, 0.717) is 11.4 Å². The van der Waals surface area contributed by atoms with Gasteiger partial charge in [-0.25, -0.2) is 14.4 Å². The van der Waals surface area contributed by atoms with Crippen LogP contribution in [0.25, 0.3) is 0 Å². The van der Waals surface area contributed by atoms with E-state index in [1.165, 1.54) is 12.1 Å². The molecule has 0 unspecified atom stereocenters. The number of para-hydroxylation sites is 1. The van der Waals surface area contributed by atoms with Crippen LogP contribution < -0.4 is 10.6 Å². The van der Waals surface area contributed by atoms with Gasteiger partial charge in [0.2, 0.25) is 5.95 Å². The normalized spacial score (nSPS) is 10.7. The van der Waals surface area contributed by atoms with Gasteiger partial charge in [0.1, 0.15) is 11.5 Å². The van der Waals surface area contributed by atoms with Crippen LogP contribution >= 0.6 is 0 Å². The Balaban J connectivity index is 1.84. The lowest BCUT2D eigenvalue weighted by Crippen LogP contribution is -2.16. The number of carbonyl (C=O) groups excluding carboxylic acids is 1. The summed E-state index contributed by atoms with van der Waals surface area (Å²) in [6.07, 6.45) is 0. The number of hydrogen-bond acceptors (Lipinski definition) is 4. The number of amides is 1. The predicted molar refractivity (Wildman–Crippen MR) is 105 cm³/mol. The number of benzene rings is 2. The van der Waals surface area contributed by atoms with Gasteiger partial charge in [-0.3, -0.25) is 4.79 Å². The van der Waals surface area contributed by atoms with Crippen molar-refractivity contribution in [2.45, 2.75) is 26.7 Å². The van der Waals surface area contributed by atoms with E-state index in [9.17, 15) is 9.18 Å². The summed E-state index contributed by atoms with van der Waals surface area (Å²) < 4.78 is 13.4. The van der Waals surface area contributed by atoms with Crippen molar-refractivity contribution in [2.24, 2.45) is 0 Å². The van der Waals surface area contributed by atoms with Gasteiger partial charge in [0.25, 0.3) is 5.91 Å². The maximum atomic E-state index is 13.4. The van der Waals surface area contributed by atoms with Crippen LogP contribution in [-0.2, 0) is 0 Å². The number of hydrogen-bond donors (Lipinski definition) is 2. The van der Waals surface area contributed by atoms with E-state index in [4.69, 9.17) is 0 Å². The van der Waals surface area contributed by atoms with E-state index in [1.807, 2.05) is 24.3 Å². The van der Waals surface area contributed by atoms with Crippen LogP contribution in [0, 0.1) is 12.7 Å². The molecule has 5 nitrogen and oxygen atoms in total. The second-order valence-electron chi connectivity index (χ2n) is 6.55. The zero-order chi connectivity index (χ0) is 19.4. The molecule has 0 saturated heterocycles. The van der Waals surface area contributed by atoms with Crippen molar-refractivity contribution in [3.05, 3.63) is 77.4 Å². The van der Waals surface area contributed by atoms with Crippen LogP contribution in [0.2, 0.25) is 0 Å². The molecule has 3 aromatic rings. The summed E-state index contributed by atoms with van der Waals surface area (Å²) in [4.78, 5) is 21.3. The first kappa shape index (κ1) is 18.5. The van der Waals surface area contributed by atoms with E-state index in [0.717, 1.165) is 11.3 Å². The molecule has 0 aliphatic carbocycles. The molecular formula is C21H21FN4O. The van der Waals surface area contributed by atoms with Crippen LogP contribution in [0.1, 0.15) is 41.5 Å². The molecule has 1 amide bonds. The van der Waals surface area contributed by atoms with Gasteiger partial charge in [-0.2, -0.15) is 0 Å². The van der Waals surface area contributed by atoms with Crippen LogP contribution in [0.3, 0.4) is 0 Å². The maximum absolute atomic E-state index is 13.4. The fraction of sp³-hybridized carbons (Fsp3) is 0.190. The van der Waals surface area contributed by atoms with Crippen molar-refractivity contribution in [3.8, 4) is 0 Å². The van der Waals surface area contributed by atoms with Crippen molar-refractivity contribution in [3.63, 3.8) is 0 Å². The van der Waals surface area contributed by atoms with Gasteiger partial charge < -0.3 is 10.6 Å². The number of anilines is 3. The minimum Gasteiger partial charge on any atom is -0.324 e. The highest BCUT2D eigenvalue weighted by Gasteiger charge is 2.14. The predicted octanol–water partition coefficient (Wildman–Crippen LogP) is 5.04. The smallest absolute Gasteiger partial charge is 0.274 e. The highest BCUT2D eigenvalue weighted by Crippen LogP contribution is 2.24. The molecule has 138 valence electrons. The van der Waals surface area contributed by atoms with Crippen molar-refractivity contribution >= 4 is 23.2 Å². The Morgan fingerprint density at radius 3 is 2.56 bits per heavy atom. The lowest BCUT2D eigenvalue weighted by molar-refractivity contribution is 0.102. The van der Waals surface area contributed by atoms with E-state index in [2.05, 4.69) is 34.4 Å².